The summed E-state index contributed by atoms with van der Waals surface area (Å²) in [6.45, 7) is 4.99. The van der Waals surface area contributed by atoms with Crippen LogP contribution < -0.4 is 0 Å². The van der Waals surface area contributed by atoms with Gasteiger partial charge in [-0.25, -0.2) is 0 Å². The molecule has 0 spiro atoms. The molecule has 0 bridgehead atoms. The summed E-state index contributed by atoms with van der Waals surface area (Å²) >= 11 is 0. The summed E-state index contributed by atoms with van der Waals surface area (Å²) in [7, 11) is -0.465. The molecule has 17 heavy (non-hydrogen) atoms. The summed E-state index contributed by atoms with van der Waals surface area (Å²) in [4.78, 5) is 0. The minimum atomic E-state index is -1.23. The van der Waals surface area contributed by atoms with Gasteiger partial charge >= 0.3 is 7.12 Å². The number of rotatable bonds is 2. The lowest BCUT2D eigenvalue weighted by Gasteiger charge is -2.44. The number of aliphatic hydroxyl groups excluding tert-OH is 3. The minimum absolute atomic E-state index is 0.119. The van der Waals surface area contributed by atoms with E-state index in [9.17, 15) is 15.3 Å². The summed E-state index contributed by atoms with van der Waals surface area (Å²) in [5.74, 6) is 0.119. The number of fused-ring (bicyclic) bond motifs is 1. The molecule has 0 amide bonds. The summed E-state index contributed by atoms with van der Waals surface area (Å²) in [5.41, 5.74) is -1.23. The molecule has 0 aromatic rings. The van der Waals surface area contributed by atoms with E-state index in [2.05, 4.69) is 0 Å². The lowest BCUT2D eigenvalue weighted by molar-refractivity contribution is -0.291. The van der Waals surface area contributed by atoms with Gasteiger partial charge in [0.15, 0.2) is 6.29 Å². The second kappa shape index (κ2) is 4.49. The standard InChI is InChI=1S/C10H19BO6/c1-5(2)11-16-7-6(13)8(14)10(3,4-12)15-9(7)17-11/h5-9,12-14H,4H2,1-3H3/t6-,7-,8+,9-,10-/m1/s1. The van der Waals surface area contributed by atoms with Gasteiger partial charge in [-0.3, -0.25) is 0 Å². The zero-order valence-corrected chi connectivity index (χ0v) is 10.2. The maximum atomic E-state index is 9.97. The van der Waals surface area contributed by atoms with Gasteiger partial charge in [0.2, 0.25) is 0 Å². The SMILES string of the molecule is CC(C)B1O[C@H]2O[C@](C)(CO)[C@@H](O)[C@H](O)[C@H]2O1. The third kappa shape index (κ3) is 2.11. The lowest BCUT2D eigenvalue weighted by Crippen LogP contribution is -2.63. The normalized spacial score (nSPS) is 46.4. The Morgan fingerprint density at radius 2 is 1.94 bits per heavy atom. The highest BCUT2D eigenvalue weighted by molar-refractivity contribution is 6.46. The number of hydrogen-bond donors (Lipinski definition) is 3. The molecule has 2 fully saturated rings. The highest BCUT2D eigenvalue weighted by Crippen LogP contribution is 2.37. The summed E-state index contributed by atoms with van der Waals surface area (Å²) in [5, 5.41) is 29.1. The van der Waals surface area contributed by atoms with Gasteiger partial charge in [-0.1, -0.05) is 13.8 Å². The summed E-state index contributed by atoms with van der Waals surface area (Å²) in [6, 6.07) is 0. The zero-order chi connectivity index (χ0) is 12.8. The molecule has 98 valence electrons. The Morgan fingerprint density at radius 1 is 1.29 bits per heavy atom. The van der Waals surface area contributed by atoms with Gasteiger partial charge in [0.1, 0.15) is 23.9 Å². The molecule has 2 aliphatic rings. The van der Waals surface area contributed by atoms with Crippen molar-refractivity contribution < 1.29 is 29.4 Å². The Morgan fingerprint density at radius 3 is 2.47 bits per heavy atom. The van der Waals surface area contributed by atoms with Crippen LogP contribution in [-0.4, -0.2) is 59.2 Å². The third-order valence-corrected chi connectivity index (χ3v) is 3.36. The molecule has 0 aromatic heterocycles. The van der Waals surface area contributed by atoms with Gasteiger partial charge in [0.05, 0.1) is 6.61 Å². The van der Waals surface area contributed by atoms with E-state index in [-0.39, 0.29) is 5.82 Å². The van der Waals surface area contributed by atoms with E-state index < -0.39 is 43.9 Å². The van der Waals surface area contributed by atoms with E-state index in [0.29, 0.717) is 0 Å². The molecule has 2 saturated heterocycles. The molecule has 2 rings (SSSR count). The first-order valence-electron chi connectivity index (χ1n) is 5.85. The second-order valence-corrected chi connectivity index (χ2v) is 5.24. The molecule has 0 unspecified atom stereocenters. The fraction of sp³-hybridized carbons (Fsp3) is 1.00. The van der Waals surface area contributed by atoms with Crippen molar-refractivity contribution in [3.05, 3.63) is 0 Å². The Balaban J connectivity index is 2.15. The van der Waals surface area contributed by atoms with Crippen LogP contribution in [0.3, 0.4) is 0 Å². The Hall–Kier alpha value is -0.175. The van der Waals surface area contributed by atoms with Crippen LogP contribution in [0.4, 0.5) is 0 Å². The van der Waals surface area contributed by atoms with Crippen molar-refractivity contribution in [1.29, 1.82) is 0 Å². The smallest absolute Gasteiger partial charge is 0.400 e. The monoisotopic (exact) mass is 246 g/mol. The molecule has 3 N–H and O–H groups in total. The average Bonchev–Trinajstić information content (AvgIpc) is 2.70. The predicted molar refractivity (Wildman–Crippen MR) is 59.2 cm³/mol. The van der Waals surface area contributed by atoms with Gasteiger partial charge < -0.3 is 29.4 Å². The zero-order valence-electron chi connectivity index (χ0n) is 10.2. The number of ether oxygens (including phenoxy) is 1. The quantitative estimate of drug-likeness (QED) is 0.549. The highest BCUT2D eigenvalue weighted by atomic mass is 16.8. The predicted octanol–water partition coefficient (Wildman–Crippen LogP) is -0.871. The van der Waals surface area contributed by atoms with Crippen molar-refractivity contribution in [2.45, 2.75) is 56.8 Å². The minimum Gasteiger partial charge on any atom is -0.400 e. The van der Waals surface area contributed by atoms with E-state index in [1.54, 1.807) is 0 Å². The van der Waals surface area contributed by atoms with Gasteiger partial charge in [0.25, 0.3) is 0 Å². The molecule has 0 radical (unpaired) electrons. The van der Waals surface area contributed by atoms with Crippen molar-refractivity contribution in [3.8, 4) is 0 Å². The molecule has 0 aliphatic carbocycles. The first-order valence-corrected chi connectivity index (χ1v) is 5.85. The fourth-order valence-corrected chi connectivity index (χ4v) is 2.12. The molecule has 2 heterocycles. The third-order valence-electron chi connectivity index (χ3n) is 3.36. The largest absolute Gasteiger partial charge is 0.462 e. The van der Waals surface area contributed by atoms with Crippen LogP contribution in [0.1, 0.15) is 20.8 Å². The molecule has 7 heteroatoms. The van der Waals surface area contributed by atoms with Gasteiger partial charge in [-0.15, -0.1) is 0 Å². The van der Waals surface area contributed by atoms with Crippen molar-refractivity contribution in [2.24, 2.45) is 0 Å². The molecule has 2 aliphatic heterocycles. The van der Waals surface area contributed by atoms with Crippen LogP contribution in [-0.2, 0) is 14.0 Å². The van der Waals surface area contributed by atoms with Crippen molar-refractivity contribution in [1.82, 2.24) is 0 Å². The van der Waals surface area contributed by atoms with Crippen LogP contribution in [0, 0.1) is 0 Å². The molecule has 6 nitrogen and oxygen atoms in total. The summed E-state index contributed by atoms with van der Waals surface area (Å²) < 4.78 is 16.5. The maximum absolute atomic E-state index is 9.97. The van der Waals surface area contributed by atoms with E-state index in [1.807, 2.05) is 13.8 Å². The molecular formula is C10H19BO6. The van der Waals surface area contributed by atoms with Crippen LogP contribution in [0.5, 0.6) is 0 Å². The second-order valence-electron chi connectivity index (χ2n) is 5.24. The topological polar surface area (TPSA) is 88.4 Å². The van der Waals surface area contributed by atoms with Crippen molar-refractivity contribution >= 4 is 7.12 Å². The van der Waals surface area contributed by atoms with Gasteiger partial charge in [-0.05, 0) is 12.7 Å². The first-order chi connectivity index (χ1) is 7.89. The molecular weight excluding hydrogens is 227 g/mol. The average molecular weight is 246 g/mol. The van der Waals surface area contributed by atoms with E-state index in [4.69, 9.17) is 14.0 Å². The highest BCUT2D eigenvalue weighted by Gasteiger charge is 2.57. The molecule has 5 atom stereocenters. The van der Waals surface area contributed by atoms with E-state index >= 15 is 0 Å². The Bertz CT molecular complexity index is 288. The number of aliphatic hydroxyl groups is 3. The Kier molecular flexibility index (Phi) is 3.50. The van der Waals surface area contributed by atoms with Gasteiger partial charge in [0, 0.05) is 0 Å². The molecule has 0 saturated carbocycles. The summed E-state index contributed by atoms with van der Waals surface area (Å²) in [6.07, 6.45) is -3.80. The molecule has 0 aromatic carbocycles. The maximum Gasteiger partial charge on any atom is 0.462 e. The van der Waals surface area contributed by atoms with Gasteiger partial charge in [-0.2, -0.15) is 0 Å². The lowest BCUT2D eigenvalue weighted by atomic mass is 9.75. The Labute approximate surface area is 101 Å². The first kappa shape index (κ1) is 13.3. The van der Waals surface area contributed by atoms with Crippen molar-refractivity contribution in [2.75, 3.05) is 6.61 Å². The van der Waals surface area contributed by atoms with E-state index in [1.165, 1.54) is 6.92 Å². The van der Waals surface area contributed by atoms with Crippen LogP contribution >= 0.6 is 0 Å². The van der Waals surface area contributed by atoms with Crippen LogP contribution in [0.2, 0.25) is 5.82 Å². The fourth-order valence-electron chi connectivity index (χ4n) is 2.12. The van der Waals surface area contributed by atoms with Crippen LogP contribution in [0.15, 0.2) is 0 Å². The number of hydrogen-bond acceptors (Lipinski definition) is 6. The van der Waals surface area contributed by atoms with E-state index in [0.717, 1.165) is 0 Å². The van der Waals surface area contributed by atoms with Crippen molar-refractivity contribution in [3.63, 3.8) is 0 Å². The van der Waals surface area contributed by atoms with Crippen LogP contribution in [0.25, 0.3) is 0 Å².